The molecular formula is C25H24O2. The number of hydrogen-bond acceptors (Lipinski definition) is 2. The second-order valence-corrected chi connectivity index (χ2v) is 6.99. The van der Waals surface area contributed by atoms with Crippen molar-refractivity contribution in [3.05, 3.63) is 113 Å². The van der Waals surface area contributed by atoms with Gasteiger partial charge in [-0.1, -0.05) is 84.9 Å². The van der Waals surface area contributed by atoms with E-state index >= 15 is 0 Å². The Balaban J connectivity index is 1.79. The lowest BCUT2D eigenvalue weighted by Crippen LogP contribution is -2.30. The average Bonchev–Trinajstić information content (AvgIpc) is 2.76. The van der Waals surface area contributed by atoms with E-state index in [9.17, 15) is 5.11 Å². The second kappa shape index (κ2) is 7.81. The summed E-state index contributed by atoms with van der Waals surface area (Å²) in [7, 11) is 0. The smallest absolute Gasteiger partial charge is 0.122 e. The molecule has 0 fully saturated rings. The van der Waals surface area contributed by atoms with E-state index in [2.05, 4.69) is 18.2 Å². The van der Waals surface area contributed by atoms with Crippen LogP contribution in [0.25, 0.3) is 5.76 Å². The molecule has 0 saturated heterocycles. The molecule has 0 spiro atoms. The highest BCUT2D eigenvalue weighted by Crippen LogP contribution is 2.36. The lowest BCUT2D eigenvalue weighted by Gasteiger charge is -2.31. The van der Waals surface area contributed by atoms with E-state index in [-0.39, 0.29) is 0 Å². The monoisotopic (exact) mass is 356 g/mol. The van der Waals surface area contributed by atoms with Gasteiger partial charge in [0.2, 0.25) is 0 Å². The van der Waals surface area contributed by atoms with Gasteiger partial charge in [-0.3, -0.25) is 0 Å². The van der Waals surface area contributed by atoms with Crippen LogP contribution in [0.4, 0.5) is 0 Å². The van der Waals surface area contributed by atoms with Crippen molar-refractivity contribution in [2.24, 2.45) is 0 Å². The van der Waals surface area contributed by atoms with Crippen LogP contribution in [0.5, 0.6) is 0 Å². The summed E-state index contributed by atoms with van der Waals surface area (Å²) in [5.41, 5.74) is 2.84. The Hall–Kier alpha value is -2.84. The van der Waals surface area contributed by atoms with Crippen molar-refractivity contribution in [2.45, 2.75) is 24.9 Å². The van der Waals surface area contributed by atoms with Crippen LogP contribution in [0.3, 0.4) is 0 Å². The average molecular weight is 356 g/mol. The molecule has 1 aliphatic heterocycles. The van der Waals surface area contributed by atoms with Crippen LogP contribution in [-0.4, -0.2) is 11.7 Å². The number of rotatable bonds is 5. The Bertz CT molecular complexity index is 874. The summed E-state index contributed by atoms with van der Waals surface area (Å²) in [6.07, 6.45) is 4.74. The Morgan fingerprint density at radius 1 is 0.778 bits per heavy atom. The Morgan fingerprint density at radius 2 is 1.37 bits per heavy atom. The third kappa shape index (κ3) is 3.67. The van der Waals surface area contributed by atoms with Crippen molar-refractivity contribution < 1.29 is 9.84 Å². The van der Waals surface area contributed by atoms with E-state index < -0.39 is 5.60 Å². The van der Waals surface area contributed by atoms with Gasteiger partial charge in [-0.25, -0.2) is 0 Å². The number of benzene rings is 3. The van der Waals surface area contributed by atoms with Crippen LogP contribution in [-0.2, 0) is 16.8 Å². The minimum Gasteiger partial charge on any atom is -0.493 e. The van der Waals surface area contributed by atoms with Gasteiger partial charge < -0.3 is 9.84 Å². The molecule has 2 nitrogen and oxygen atoms in total. The van der Waals surface area contributed by atoms with E-state index in [4.69, 9.17) is 4.74 Å². The Labute approximate surface area is 160 Å². The maximum absolute atomic E-state index is 11.9. The largest absolute Gasteiger partial charge is 0.493 e. The molecule has 0 radical (unpaired) electrons. The third-order valence-electron chi connectivity index (χ3n) is 5.17. The molecule has 2 heteroatoms. The lowest BCUT2D eigenvalue weighted by atomic mass is 9.80. The normalized spacial score (nSPS) is 14.3. The van der Waals surface area contributed by atoms with Crippen molar-refractivity contribution in [1.82, 2.24) is 0 Å². The van der Waals surface area contributed by atoms with Gasteiger partial charge in [0.25, 0.3) is 0 Å². The van der Waals surface area contributed by atoms with E-state index in [1.807, 2.05) is 72.8 Å². The minimum atomic E-state index is -1.10. The first-order valence-electron chi connectivity index (χ1n) is 9.52. The van der Waals surface area contributed by atoms with Crippen LogP contribution in [0.15, 0.2) is 91.0 Å². The zero-order chi connectivity index (χ0) is 18.5. The fourth-order valence-electron chi connectivity index (χ4n) is 3.73. The van der Waals surface area contributed by atoms with Crippen molar-refractivity contribution in [3.63, 3.8) is 0 Å². The van der Waals surface area contributed by atoms with Gasteiger partial charge >= 0.3 is 0 Å². The van der Waals surface area contributed by atoms with Crippen LogP contribution in [0.2, 0.25) is 0 Å². The summed E-state index contributed by atoms with van der Waals surface area (Å²) in [4.78, 5) is 0. The molecule has 0 saturated carbocycles. The molecule has 3 aromatic carbocycles. The molecule has 4 rings (SSSR count). The maximum atomic E-state index is 11.9. The summed E-state index contributed by atoms with van der Waals surface area (Å²) in [5.74, 6) is 0.931. The number of allylic oxidation sites excluding steroid dienone is 1. The minimum absolute atomic E-state index is 0.484. The van der Waals surface area contributed by atoms with Gasteiger partial charge in [0.05, 0.1) is 6.61 Å². The maximum Gasteiger partial charge on any atom is 0.122 e. The first-order valence-corrected chi connectivity index (χ1v) is 9.52. The van der Waals surface area contributed by atoms with E-state index in [0.29, 0.717) is 6.42 Å². The molecule has 0 unspecified atom stereocenters. The van der Waals surface area contributed by atoms with Crippen LogP contribution in [0.1, 0.15) is 35.1 Å². The molecule has 1 N–H and O–H groups in total. The molecule has 1 aliphatic rings. The third-order valence-corrected chi connectivity index (χ3v) is 5.17. The molecule has 0 amide bonds. The Morgan fingerprint density at radius 3 is 1.96 bits per heavy atom. The Kier molecular flexibility index (Phi) is 5.08. The lowest BCUT2D eigenvalue weighted by molar-refractivity contribution is 0.0809. The molecule has 3 aromatic rings. The van der Waals surface area contributed by atoms with Gasteiger partial charge in [0.1, 0.15) is 11.4 Å². The van der Waals surface area contributed by atoms with Crippen molar-refractivity contribution >= 4 is 5.76 Å². The van der Waals surface area contributed by atoms with E-state index in [1.165, 1.54) is 0 Å². The van der Waals surface area contributed by atoms with E-state index in [1.54, 1.807) is 0 Å². The quantitative estimate of drug-likeness (QED) is 0.671. The zero-order valence-electron chi connectivity index (χ0n) is 15.3. The highest BCUT2D eigenvalue weighted by molar-refractivity contribution is 5.64. The number of ether oxygens (including phenoxy) is 1. The molecule has 0 atom stereocenters. The van der Waals surface area contributed by atoms with Gasteiger partial charge in [-0.2, -0.15) is 0 Å². The highest BCUT2D eigenvalue weighted by atomic mass is 16.5. The summed E-state index contributed by atoms with van der Waals surface area (Å²) in [5, 5.41) is 11.9. The van der Waals surface area contributed by atoms with E-state index in [0.717, 1.165) is 47.5 Å². The molecular weight excluding hydrogens is 332 g/mol. The van der Waals surface area contributed by atoms with Crippen LogP contribution < -0.4 is 0 Å². The predicted octanol–water partition coefficient (Wildman–Crippen LogP) is 5.32. The summed E-state index contributed by atoms with van der Waals surface area (Å²) >= 11 is 0. The highest BCUT2D eigenvalue weighted by Gasteiger charge is 2.32. The predicted molar refractivity (Wildman–Crippen MR) is 109 cm³/mol. The summed E-state index contributed by atoms with van der Waals surface area (Å²) in [6.45, 7) is 0.752. The van der Waals surface area contributed by atoms with Crippen molar-refractivity contribution in [2.75, 3.05) is 6.61 Å². The van der Waals surface area contributed by atoms with Crippen LogP contribution in [0, 0.1) is 0 Å². The molecule has 1 heterocycles. The molecule has 136 valence electrons. The van der Waals surface area contributed by atoms with Crippen molar-refractivity contribution in [3.8, 4) is 0 Å². The van der Waals surface area contributed by atoms with Gasteiger partial charge in [-0.05, 0) is 35.6 Å². The first kappa shape index (κ1) is 17.6. The SMILES string of the molecule is OC(Cc1ccccc1C1=CCCCO1)(c1ccccc1)c1ccccc1. The topological polar surface area (TPSA) is 29.5 Å². The zero-order valence-corrected chi connectivity index (χ0v) is 15.3. The second-order valence-electron chi connectivity index (χ2n) is 6.99. The molecule has 0 bridgehead atoms. The van der Waals surface area contributed by atoms with Crippen LogP contribution >= 0.6 is 0 Å². The molecule has 0 aromatic heterocycles. The van der Waals surface area contributed by atoms with Gasteiger partial charge in [-0.15, -0.1) is 0 Å². The first-order chi connectivity index (χ1) is 13.3. The molecule has 27 heavy (non-hydrogen) atoms. The fourth-order valence-corrected chi connectivity index (χ4v) is 3.73. The fraction of sp³-hybridized carbons (Fsp3) is 0.200. The number of hydrogen-bond donors (Lipinski definition) is 1. The van der Waals surface area contributed by atoms with Crippen molar-refractivity contribution in [1.29, 1.82) is 0 Å². The summed E-state index contributed by atoms with van der Waals surface area (Å²) < 4.78 is 5.91. The standard InChI is InChI=1S/C25H24O2/c26-25(21-12-3-1-4-13-21,22-14-5-2-6-15-22)19-20-11-7-8-16-23(20)24-17-9-10-18-27-24/h1-8,11-17,26H,9-10,18-19H2. The summed E-state index contributed by atoms with van der Waals surface area (Å²) in [6, 6.07) is 28.0. The molecule has 0 aliphatic carbocycles. The number of aliphatic hydroxyl groups is 1. The van der Waals surface area contributed by atoms with Gasteiger partial charge in [0, 0.05) is 12.0 Å². The van der Waals surface area contributed by atoms with Gasteiger partial charge in [0.15, 0.2) is 0 Å².